The summed E-state index contributed by atoms with van der Waals surface area (Å²) in [6.45, 7) is 13.5. The molecular formula is C16H31NO. The molecule has 0 radical (unpaired) electrons. The molecule has 2 N–H and O–H groups in total. The van der Waals surface area contributed by atoms with E-state index in [9.17, 15) is 4.79 Å². The van der Waals surface area contributed by atoms with Crippen LogP contribution in [0.1, 0.15) is 54.0 Å². The van der Waals surface area contributed by atoms with Gasteiger partial charge in [-0.15, -0.1) is 0 Å². The molecule has 1 unspecified atom stereocenters. The van der Waals surface area contributed by atoms with Gasteiger partial charge in [-0.05, 0) is 18.9 Å². The van der Waals surface area contributed by atoms with Gasteiger partial charge >= 0.3 is 0 Å². The highest BCUT2D eigenvalue weighted by Crippen LogP contribution is 2.01. The van der Waals surface area contributed by atoms with Gasteiger partial charge in [0, 0.05) is 0 Å². The number of nitrogens with two attached hydrogens (primary N) is 1. The van der Waals surface area contributed by atoms with Crippen molar-refractivity contribution in [3.05, 3.63) is 35.9 Å². The number of ketones is 1. The zero-order chi connectivity index (χ0) is 15.0. The molecule has 1 aromatic carbocycles. The lowest BCUT2D eigenvalue weighted by Crippen LogP contribution is -2.30. The zero-order valence-electron chi connectivity index (χ0n) is 13.2. The van der Waals surface area contributed by atoms with Crippen molar-refractivity contribution in [2.24, 2.45) is 5.73 Å². The van der Waals surface area contributed by atoms with E-state index < -0.39 is 0 Å². The van der Waals surface area contributed by atoms with Crippen molar-refractivity contribution < 1.29 is 4.79 Å². The predicted octanol–water partition coefficient (Wildman–Crippen LogP) is 4.22. The number of hydrogen-bond donors (Lipinski definition) is 1. The average molecular weight is 253 g/mol. The Hall–Kier alpha value is -1.15. The number of carbonyl (C=O) groups excluding carboxylic acids is 1. The van der Waals surface area contributed by atoms with Crippen molar-refractivity contribution in [2.45, 2.75) is 60.9 Å². The first-order valence-corrected chi connectivity index (χ1v) is 7.00. The lowest BCUT2D eigenvalue weighted by molar-refractivity contribution is -0.118. The Morgan fingerprint density at radius 2 is 1.39 bits per heavy atom. The molecule has 2 heteroatoms. The number of hydrogen-bond acceptors (Lipinski definition) is 2. The lowest BCUT2D eigenvalue weighted by Gasteiger charge is -2.06. The van der Waals surface area contributed by atoms with Crippen LogP contribution in [0, 0.1) is 0 Å². The van der Waals surface area contributed by atoms with Crippen molar-refractivity contribution >= 4 is 5.78 Å². The van der Waals surface area contributed by atoms with Crippen molar-refractivity contribution in [2.75, 3.05) is 0 Å². The van der Waals surface area contributed by atoms with Gasteiger partial charge in [-0.25, -0.2) is 0 Å². The fourth-order valence-corrected chi connectivity index (χ4v) is 1.01. The smallest absolute Gasteiger partial charge is 0.146 e. The van der Waals surface area contributed by atoms with Crippen LogP contribution in [0.2, 0.25) is 0 Å². The van der Waals surface area contributed by atoms with Gasteiger partial charge in [0.15, 0.2) is 0 Å². The van der Waals surface area contributed by atoms with Crippen LogP contribution < -0.4 is 5.73 Å². The van der Waals surface area contributed by atoms with Crippen LogP contribution in [0.25, 0.3) is 0 Å². The SMILES string of the molecule is CC.CC.CC.CC(=O)C(N)Cc1ccccc1. The molecule has 0 heterocycles. The number of Topliss-reactive ketones (excluding diaryl/α,β-unsaturated/α-hetero) is 1. The maximum atomic E-state index is 10.8. The molecule has 0 aliphatic rings. The minimum absolute atomic E-state index is 0.0406. The highest BCUT2D eigenvalue weighted by atomic mass is 16.1. The molecule has 0 saturated carbocycles. The number of carbonyl (C=O) groups is 1. The van der Waals surface area contributed by atoms with Crippen molar-refractivity contribution in [3.8, 4) is 0 Å². The third-order valence-electron chi connectivity index (χ3n) is 1.82. The molecule has 0 aliphatic carbocycles. The topological polar surface area (TPSA) is 43.1 Å². The van der Waals surface area contributed by atoms with E-state index in [-0.39, 0.29) is 11.8 Å². The number of benzene rings is 1. The third-order valence-corrected chi connectivity index (χ3v) is 1.82. The highest BCUT2D eigenvalue weighted by molar-refractivity contribution is 5.81. The Labute approximate surface area is 114 Å². The Bertz CT molecular complexity index is 257. The Morgan fingerprint density at radius 3 is 1.72 bits per heavy atom. The molecule has 2 nitrogen and oxygen atoms in total. The summed E-state index contributed by atoms with van der Waals surface area (Å²) in [5, 5.41) is 0. The molecule has 0 amide bonds. The number of rotatable bonds is 3. The third kappa shape index (κ3) is 12.9. The summed E-state index contributed by atoms with van der Waals surface area (Å²) in [4.78, 5) is 10.8. The lowest BCUT2D eigenvalue weighted by atomic mass is 10.0. The normalized spacial score (nSPS) is 9.33. The van der Waals surface area contributed by atoms with Gasteiger partial charge in [0.25, 0.3) is 0 Å². The minimum atomic E-state index is -0.354. The van der Waals surface area contributed by atoms with Crippen molar-refractivity contribution in [1.29, 1.82) is 0 Å². The summed E-state index contributed by atoms with van der Waals surface area (Å²) in [6.07, 6.45) is 0.635. The van der Waals surface area contributed by atoms with E-state index in [0.717, 1.165) is 5.56 Å². The van der Waals surface area contributed by atoms with Gasteiger partial charge in [-0.1, -0.05) is 71.9 Å². The maximum Gasteiger partial charge on any atom is 0.146 e. The van der Waals surface area contributed by atoms with Gasteiger partial charge in [0.1, 0.15) is 5.78 Å². The highest BCUT2D eigenvalue weighted by Gasteiger charge is 2.07. The second kappa shape index (κ2) is 18.2. The molecule has 0 spiro atoms. The summed E-state index contributed by atoms with van der Waals surface area (Å²) in [7, 11) is 0. The summed E-state index contributed by atoms with van der Waals surface area (Å²) in [5.74, 6) is 0.0406. The summed E-state index contributed by atoms with van der Waals surface area (Å²) in [6, 6.07) is 9.44. The second-order valence-corrected chi connectivity index (χ2v) is 2.91. The standard InChI is InChI=1S/C10H13NO.3C2H6/c1-8(12)10(11)7-9-5-3-2-4-6-9;3*1-2/h2-6,10H,7,11H2,1H3;3*1-2H3. The Morgan fingerprint density at radius 1 is 1.00 bits per heavy atom. The van der Waals surface area contributed by atoms with E-state index in [1.54, 1.807) is 0 Å². The Balaban J connectivity index is -0.000000328. The van der Waals surface area contributed by atoms with E-state index in [2.05, 4.69) is 0 Å². The summed E-state index contributed by atoms with van der Waals surface area (Å²) < 4.78 is 0. The van der Waals surface area contributed by atoms with Crippen molar-refractivity contribution in [3.63, 3.8) is 0 Å². The van der Waals surface area contributed by atoms with Gasteiger partial charge < -0.3 is 5.73 Å². The molecule has 0 fully saturated rings. The maximum absolute atomic E-state index is 10.8. The minimum Gasteiger partial charge on any atom is -0.321 e. The molecule has 0 saturated heterocycles. The fraction of sp³-hybridized carbons (Fsp3) is 0.562. The van der Waals surface area contributed by atoms with Crippen LogP contribution in [0.5, 0.6) is 0 Å². The first kappa shape index (κ1) is 22.1. The molecule has 0 aliphatic heterocycles. The molecule has 18 heavy (non-hydrogen) atoms. The molecule has 106 valence electrons. The first-order valence-electron chi connectivity index (χ1n) is 7.00. The van der Waals surface area contributed by atoms with Gasteiger partial charge in [0.05, 0.1) is 6.04 Å². The van der Waals surface area contributed by atoms with Crippen LogP contribution in [-0.4, -0.2) is 11.8 Å². The quantitative estimate of drug-likeness (QED) is 0.876. The fourth-order valence-electron chi connectivity index (χ4n) is 1.01. The predicted molar refractivity (Wildman–Crippen MR) is 82.8 cm³/mol. The summed E-state index contributed by atoms with van der Waals surface area (Å²) in [5.41, 5.74) is 6.71. The van der Waals surface area contributed by atoms with Crippen LogP contribution in [0.3, 0.4) is 0 Å². The van der Waals surface area contributed by atoms with E-state index in [4.69, 9.17) is 5.73 Å². The van der Waals surface area contributed by atoms with Gasteiger partial charge in [-0.2, -0.15) is 0 Å². The van der Waals surface area contributed by atoms with Crippen LogP contribution >= 0.6 is 0 Å². The van der Waals surface area contributed by atoms with E-state index in [1.807, 2.05) is 71.9 Å². The first-order chi connectivity index (χ1) is 8.70. The largest absolute Gasteiger partial charge is 0.321 e. The second-order valence-electron chi connectivity index (χ2n) is 2.91. The van der Waals surface area contributed by atoms with Crippen LogP contribution in [-0.2, 0) is 11.2 Å². The molecule has 0 aromatic heterocycles. The van der Waals surface area contributed by atoms with E-state index in [1.165, 1.54) is 6.92 Å². The molecule has 1 aromatic rings. The Kier molecular flexibility index (Phi) is 22.3. The van der Waals surface area contributed by atoms with Gasteiger partial charge in [0.2, 0.25) is 0 Å². The zero-order valence-corrected chi connectivity index (χ0v) is 13.2. The molecular weight excluding hydrogens is 222 g/mol. The van der Waals surface area contributed by atoms with Crippen LogP contribution in [0.15, 0.2) is 30.3 Å². The average Bonchev–Trinajstić information content (AvgIpc) is 2.46. The van der Waals surface area contributed by atoms with Gasteiger partial charge in [-0.3, -0.25) is 4.79 Å². The molecule has 0 bridgehead atoms. The van der Waals surface area contributed by atoms with Crippen LogP contribution in [0.4, 0.5) is 0 Å². The van der Waals surface area contributed by atoms with E-state index in [0.29, 0.717) is 6.42 Å². The molecule has 1 rings (SSSR count). The summed E-state index contributed by atoms with van der Waals surface area (Å²) >= 11 is 0. The monoisotopic (exact) mass is 253 g/mol. The van der Waals surface area contributed by atoms with Crippen molar-refractivity contribution in [1.82, 2.24) is 0 Å². The molecule has 1 atom stereocenters. The van der Waals surface area contributed by atoms with E-state index >= 15 is 0 Å².